The van der Waals surface area contributed by atoms with Gasteiger partial charge in [0.25, 0.3) is 0 Å². The Kier molecular flexibility index (Phi) is 5.91. The molecule has 0 fully saturated rings. The first-order chi connectivity index (χ1) is 5.20. The molecular formula is C11H20. The van der Waals surface area contributed by atoms with Gasteiger partial charge >= 0.3 is 0 Å². The van der Waals surface area contributed by atoms with Gasteiger partial charge in [0.15, 0.2) is 0 Å². The summed E-state index contributed by atoms with van der Waals surface area (Å²) in [6.45, 7) is 8.72. The second-order valence-corrected chi connectivity index (χ2v) is 3.21. The lowest BCUT2D eigenvalue weighted by molar-refractivity contribution is 0.606. The van der Waals surface area contributed by atoms with E-state index in [4.69, 9.17) is 0 Å². The van der Waals surface area contributed by atoms with Gasteiger partial charge in [-0.3, -0.25) is 0 Å². The van der Waals surface area contributed by atoms with E-state index in [1.807, 2.05) is 0 Å². The Morgan fingerprint density at radius 2 is 1.73 bits per heavy atom. The Morgan fingerprint density at radius 3 is 2.09 bits per heavy atom. The van der Waals surface area contributed by atoms with Crippen LogP contribution in [0.3, 0.4) is 0 Å². The Balaban J connectivity index is 3.80. The number of hydrogen-bond acceptors (Lipinski definition) is 0. The molecule has 0 heterocycles. The Bertz CT molecular complexity index is 132. The summed E-state index contributed by atoms with van der Waals surface area (Å²) in [4.78, 5) is 0. The van der Waals surface area contributed by atoms with Crippen molar-refractivity contribution >= 4 is 0 Å². The first-order valence-corrected chi connectivity index (χ1v) is 4.52. The lowest BCUT2D eigenvalue weighted by atomic mass is 10.0. The Morgan fingerprint density at radius 1 is 1.18 bits per heavy atom. The standard InChI is InChI=1S/C11H20/c1-5-11(6-2)9-7-8-10(3)4/h7-9,11H,5-6H2,1-4H3/b9-7+. The molecule has 64 valence electrons. The molecule has 0 heteroatoms. The minimum Gasteiger partial charge on any atom is -0.0814 e. The van der Waals surface area contributed by atoms with Crippen molar-refractivity contribution in [3.05, 3.63) is 23.8 Å². The van der Waals surface area contributed by atoms with Crippen LogP contribution in [0, 0.1) is 5.92 Å². The van der Waals surface area contributed by atoms with Crippen molar-refractivity contribution in [1.29, 1.82) is 0 Å². The molecular weight excluding hydrogens is 132 g/mol. The molecule has 0 aromatic heterocycles. The molecule has 0 aliphatic rings. The van der Waals surface area contributed by atoms with Crippen LogP contribution in [0.2, 0.25) is 0 Å². The minimum absolute atomic E-state index is 0.769. The van der Waals surface area contributed by atoms with Gasteiger partial charge in [-0.25, -0.2) is 0 Å². The zero-order valence-electron chi connectivity index (χ0n) is 8.22. The maximum atomic E-state index is 2.30. The molecule has 0 saturated heterocycles. The molecule has 0 amide bonds. The fraction of sp³-hybridized carbons (Fsp3) is 0.636. The monoisotopic (exact) mass is 152 g/mol. The van der Waals surface area contributed by atoms with E-state index in [-0.39, 0.29) is 0 Å². The lowest BCUT2D eigenvalue weighted by Gasteiger charge is -2.03. The molecule has 0 radical (unpaired) electrons. The topological polar surface area (TPSA) is 0 Å². The summed E-state index contributed by atoms with van der Waals surface area (Å²) in [5.41, 5.74) is 1.37. The molecule has 0 unspecified atom stereocenters. The maximum absolute atomic E-state index is 2.30. The summed E-state index contributed by atoms with van der Waals surface area (Å²) >= 11 is 0. The SMILES string of the molecule is CCC(/C=C/C=C(C)C)CC. The highest BCUT2D eigenvalue weighted by Gasteiger charge is 1.94. The van der Waals surface area contributed by atoms with Gasteiger partial charge in [0, 0.05) is 0 Å². The summed E-state index contributed by atoms with van der Waals surface area (Å²) in [5, 5.41) is 0. The van der Waals surface area contributed by atoms with E-state index in [0.717, 1.165) is 5.92 Å². The third-order valence-corrected chi connectivity index (χ3v) is 1.86. The van der Waals surface area contributed by atoms with E-state index in [2.05, 4.69) is 45.9 Å². The first kappa shape index (κ1) is 10.5. The Labute approximate surface area is 71.0 Å². The summed E-state index contributed by atoms with van der Waals surface area (Å²) in [6, 6.07) is 0. The van der Waals surface area contributed by atoms with E-state index in [1.54, 1.807) is 0 Å². The van der Waals surface area contributed by atoms with Gasteiger partial charge in [-0.05, 0) is 32.6 Å². The molecule has 11 heavy (non-hydrogen) atoms. The van der Waals surface area contributed by atoms with Crippen molar-refractivity contribution in [1.82, 2.24) is 0 Å². The molecule has 0 saturated carbocycles. The van der Waals surface area contributed by atoms with E-state index >= 15 is 0 Å². The lowest BCUT2D eigenvalue weighted by Crippen LogP contribution is -1.89. The van der Waals surface area contributed by atoms with Crippen LogP contribution in [0.4, 0.5) is 0 Å². The van der Waals surface area contributed by atoms with Gasteiger partial charge < -0.3 is 0 Å². The zero-order chi connectivity index (χ0) is 8.69. The zero-order valence-corrected chi connectivity index (χ0v) is 8.22. The highest BCUT2D eigenvalue weighted by Crippen LogP contribution is 2.08. The van der Waals surface area contributed by atoms with Crippen LogP contribution in [-0.4, -0.2) is 0 Å². The van der Waals surface area contributed by atoms with Crippen molar-refractivity contribution in [2.45, 2.75) is 40.5 Å². The van der Waals surface area contributed by atoms with Crippen LogP contribution in [0.15, 0.2) is 23.8 Å². The van der Waals surface area contributed by atoms with Crippen LogP contribution in [-0.2, 0) is 0 Å². The molecule has 0 bridgehead atoms. The van der Waals surface area contributed by atoms with Crippen LogP contribution >= 0.6 is 0 Å². The van der Waals surface area contributed by atoms with Crippen molar-refractivity contribution in [2.24, 2.45) is 5.92 Å². The molecule has 0 aliphatic heterocycles. The van der Waals surface area contributed by atoms with E-state index < -0.39 is 0 Å². The average molecular weight is 152 g/mol. The van der Waals surface area contributed by atoms with Crippen molar-refractivity contribution in [3.63, 3.8) is 0 Å². The maximum Gasteiger partial charge on any atom is -0.0236 e. The molecule has 0 spiro atoms. The fourth-order valence-electron chi connectivity index (χ4n) is 0.966. The highest BCUT2D eigenvalue weighted by atomic mass is 14.0. The van der Waals surface area contributed by atoms with Crippen LogP contribution in [0.25, 0.3) is 0 Å². The number of hydrogen-bond donors (Lipinski definition) is 0. The molecule has 0 rings (SSSR count). The molecule has 0 aliphatic carbocycles. The van der Waals surface area contributed by atoms with Crippen molar-refractivity contribution in [3.8, 4) is 0 Å². The normalized spacial score (nSPS) is 11.0. The smallest absolute Gasteiger partial charge is 0.0236 e. The summed E-state index contributed by atoms with van der Waals surface area (Å²) < 4.78 is 0. The molecule has 0 aromatic rings. The van der Waals surface area contributed by atoms with Crippen LogP contribution < -0.4 is 0 Å². The van der Waals surface area contributed by atoms with Gasteiger partial charge in [-0.15, -0.1) is 0 Å². The first-order valence-electron chi connectivity index (χ1n) is 4.52. The van der Waals surface area contributed by atoms with Crippen molar-refractivity contribution < 1.29 is 0 Å². The number of allylic oxidation sites excluding steroid dienone is 4. The summed E-state index contributed by atoms with van der Waals surface area (Å²) in [5.74, 6) is 0.769. The number of rotatable bonds is 4. The van der Waals surface area contributed by atoms with Gasteiger partial charge in [0.05, 0.1) is 0 Å². The second kappa shape index (κ2) is 6.21. The largest absolute Gasteiger partial charge is 0.0814 e. The fourth-order valence-corrected chi connectivity index (χ4v) is 0.966. The Hall–Kier alpha value is -0.520. The third kappa shape index (κ3) is 5.90. The predicted octanol–water partition coefficient (Wildman–Crippen LogP) is 3.95. The third-order valence-electron chi connectivity index (χ3n) is 1.86. The molecule has 0 nitrogen and oxygen atoms in total. The van der Waals surface area contributed by atoms with Gasteiger partial charge in [-0.2, -0.15) is 0 Å². The quantitative estimate of drug-likeness (QED) is 0.535. The average Bonchev–Trinajstić information content (AvgIpc) is 1.98. The predicted molar refractivity (Wildman–Crippen MR) is 52.6 cm³/mol. The van der Waals surface area contributed by atoms with E-state index in [1.165, 1.54) is 18.4 Å². The molecule has 0 atom stereocenters. The van der Waals surface area contributed by atoms with Crippen LogP contribution in [0.1, 0.15) is 40.5 Å². The summed E-state index contributed by atoms with van der Waals surface area (Å²) in [6.07, 6.45) is 9.14. The summed E-state index contributed by atoms with van der Waals surface area (Å²) in [7, 11) is 0. The van der Waals surface area contributed by atoms with Gasteiger partial charge in [0.2, 0.25) is 0 Å². The van der Waals surface area contributed by atoms with Crippen LogP contribution in [0.5, 0.6) is 0 Å². The van der Waals surface area contributed by atoms with Gasteiger partial charge in [-0.1, -0.05) is 37.6 Å². The molecule has 0 aromatic carbocycles. The van der Waals surface area contributed by atoms with Gasteiger partial charge in [0.1, 0.15) is 0 Å². The van der Waals surface area contributed by atoms with E-state index in [9.17, 15) is 0 Å². The minimum atomic E-state index is 0.769. The van der Waals surface area contributed by atoms with Crippen molar-refractivity contribution in [2.75, 3.05) is 0 Å². The highest BCUT2D eigenvalue weighted by molar-refractivity contribution is 5.09. The van der Waals surface area contributed by atoms with E-state index in [0.29, 0.717) is 0 Å². The second-order valence-electron chi connectivity index (χ2n) is 3.21. The molecule has 0 N–H and O–H groups in total.